The van der Waals surface area contributed by atoms with E-state index >= 15 is 0 Å². The first-order valence-electron chi connectivity index (χ1n) is 10.6. The van der Waals surface area contributed by atoms with Gasteiger partial charge in [0.2, 0.25) is 0 Å². The van der Waals surface area contributed by atoms with E-state index in [2.05, 4.69) is 31.1 Å². The minimum Gasteiger partial charge on any atom is -0.304 e. The average Bonchev–Trinajstić information content (AvgIpc) is 3.48. The van der Waals surface area contributed by atoms with E-state index in [1.54, 1.807) is 6.20 Å². The molecule has 1 aliphatic heterocycles. The first-order chi connectivity index (χ1) is 15.1. The van der Waals surface area contributed by atoms with Crippen LogP contribution < -0.4 is 0 Å². The van der Waals surface area contributed by atoms with Gasteiger partial charge in [0.05, 0.1) is 31.2 Å². The van der Waals surface area contributed by atoms with Crippen LogP contribution in [0.2, 0.25) is 0 Å². The molecule has 0 spiro atoms. The van der Waals surface area contributed by atoms with Gasteiger partial charge in [0.1, 0.15) is 23.0 Å². The lowest BCUT2D eigenvalue weighted by Crippen LogP contribution is -2.24. The molecule has 4 aromatic heterocycles. The Kier molecular flexibility index (Phi) is 5.19. The summed E-state index contributed by atoms with van der Waals surface area (Å²) in [7, 11) is 0. The van der Waals surface area contributed by atoms with Crippen LogP contribution in [0.4, 0.5) is 4.39 Å². The van der Waals surface area contributed by atoms with Crippen molar-refractivity contribution in [2.75, 3.05) is 19.6 Å². The van der Waals surface area contributed by atoms with Gasteiger partial charge in [0.25, 0.3) is 0 Å². The zero-order valence-corrected chi connectivity index (χ0v) is 17.8. The third-order valence-electron chi connectivity index (χ3n) is 5.72. The molecule has 160 valence electrons. The molecule has 0 aromatic carbocycles. The minimum atomic E-state index is -0.398. The largest absolute Gasteiger partial charge is 0.304 e. The summed E-state index contributed by atoms with van der Waals surface area (Å²) in [4.78, 5) is 20.3. The van der Waals surface area contributed by atoms with Gasteiger partial charge in [-0.3, -0.25) is 9.67 Å². The fourth-order valence-electron chi connectivity index (χ4n) is 4.22. The molecule has 5 rings (SSSR count). The number of aromatic nitrogens is 7. The van der Waals surface area contributed by atoms with Crippen molar-refractivity contribution in [3.05, 3.63) is 53.8 Å². The van der Waals surface area contributed by atoms with Crippen LogP contribution in [0.25, 0.3) is 22.6 Å². The third-order valence-corrected chi connectivity index (χ3v) is 5.72. The van der Waals surface area contributed by atoms with Crippen molar-refractivity contribution in [1.29, 1.82) is 0 Å². The summed E-state index contributed by atoms with van der Waals surface area (Å²) in [6.45, 7) is 8.55. The lowest BCUT2D eigenvalue weighted by atomic mass is 10.2. The highest BCUT2D eigenvalue weighted by molar-refractivity contribution is 5.79. The molecule has 5 heterocycles. The molecule has 0 radical (unpaired) electrons. The first kappa shape index (κ1) is 19.7. The summed E-state index contributed by atoms with van der Waals surface area (Å²) in [5.74, 6) is 0.899. The topological polar surface area (TPSA) is 77.5 Å². The maximum Gasteiger partial charge on any atom is 0.164 e. The predicted octanol–water partition coefficient (Wildman–Crippen LogP) is 2.98. The second kappa shape index (κ2) is 8.14. The minimum absolute atomic E-state index is 0.398. The summed E-state index contributed by atoms with van der Waals surface area (Å²) in [6.07, 6.45) is 9.33. The first-order valence-corrected chi connectivity index (χ1v) is 10.6. The highest BCUT2D eigenvalue weighted by atomic mass is 19.1. The summed E-state index contributed by atoms with van der Waals surface area (Å²) in [5.41, 5.74) is 3.89. The van der Waals surface area contributed by atoms with E-state index in [0.717, 1.165) is 30.0 Å². The molecular formula is C22H25FN8. The smallest absolute Gasteiger partial charge is 0.164 e. The van der Waals surface area contributed by atoms with Gasteiger partial charge in [0, 0.05) is 30.1 Å². The highest BCUT2D eigenvalue weighted by Crippen LogP contribution is 2.26. The van der Waals surface area contributed by atoms with Crippen molar-refractivity contribution < 1.29 is 4.39 Å². The summed E-state index contributed by atoms with van der Waals surface area (Å²) >= 11 is 0. The third kappa shape index (κ3) is 4.05. The molecule has 31 heavy (non-hydrogen) atoms. The Hall–Kier alpha value is -3.20. The Bertz CT molecular complexity index is 1220. The molecule has 0 N–H and O–H groups in total. The standard InChI is InChI=1S/C22H25FN8/c1-15-20-22(27-16(2)26-15)31(21(28-20)18-9-19(23)12-24-11-18)14-17-10-25-30(13-17)8-7-29-5-3-4-6-29/h9-13H,3-8,14H2,1-2H3. The number of pyridine rings is 1. The van der Waals surface area contributed by atoms with Gasteiger partial charge in [0.15, 0.2) is 5.65 Å². The predicted molar refractivity (Wildman–Crippen MR) is 115 cm³/mol. The van der Waals surface area contributed by atoms with Gasteiger partial charge in [-0.25, -0.2) is 19.3 Å². The second-order valence-electron chi connectivity index (χ2n) is 8.10. The van der Waals surface area contributed by atoms with Crippen molar-refractivity contribution >= 4 is 11.2 Å². The van der Waals surface area contributed by atoms with E-state index in [1.807, 2.05) is 29.3 Å². The molecular weight excluding hydrogens is 395 g/mol. The van der Waals surface area contributed by atoms with E-state index in [0.29, 0.717) is 29.3 Å². The van der Waals surface area contributed by atoms with Crippen LogP contribution in [-0.4, -0.2) is 58.8 Å². The molecule has 1 aliphatic rings. The molecule has 8 nitrogen and oxygen atoms in total. The second-order valence-corrected chi connectivity index (χ2v) is 8.10. The highest BCUT2D eigenvalue weighted by Gasteiger charge is 2.18. The monoisotopic (exact) mass is 420 g/mol. The number of likely N-dealkylation sites (tertiary alicyclic amines) is 1. The van der Waals surface area contributed by atoms with Crippen molar-refractivity contribution in [2.45, 2.75) is 39.8 Å². The Morgan fingerprint density at radius 2 is 1.84 bits per heavy atom. The average molecular weight is 420 g/mol. The van der Waals surface area contributed by atoms with Crippen LogP contribution in [0.5, 0.6) is 0 Å². The van der Waals surface area contributed by atoms with E-state index in [9.17, 15) is 4.39 Å². The Labute approximate surface area is 179 Å². The Morgan fingerprint density at radius 1 is 1.00 bits per heavy atom. The van der Waals surface area contributed by atoms with Crippen LogP contribution in [0.1, 0.15) is 29.9 Å². The fraction of sp³-hybridized carbons (Fsp3) is 0.409. The van der Waals surface area contributed by atoms with Crippen molar-refractivity contribution in [3.8, 4) is 11.4 Å². The van der Waals surface area contributed by atoms with Gasteiger partial charge >= 0.3 is 0 Å². The Morgan fingerprint density at radius 3 is 2.65 bits per heavy atom. The molecule has 9 heteroatoms. The van der Waals surface area contributed by atoms with Crippen molar-refractivity contribution in [2.24, 2.45) is 0 Å². The summed E-state index contributed by atoms with van der Waals surface area (Å²) in [6, 6.07) is 1.44. The van der Waals surface area contributed by atoms with Crippen molar-refractivity contribution in [3.63, 3.8) is 0 Å². The number of halogens is 1. The number of nitrogens with zero attached hydrogens (tertiary/aromatic N) is 8. The van der Waals surface area contributed by atoms with E-state index in [4.69, 9.17) is 4.98 Å². The zero-order valence-electron chi connectivity index (χ0n) is 17.8. The molecule has 1 saturated heterocycles. The SMILES string of the molecule is Cc1nc(C)c2nc(-c3cncc(F)c3)n(Cc3cnn(CCN4CCCC4)c3)c2n1. The van der Waals surface area contributed by atoms with Gasteiger partial charge in [-0.15, -0.1) is 0 Å². The van der Waals surface area contributed by atoms with Gasteiger partial charge in [-0.05, 0) is 45.8 Å². The summed E-state index contributed by atoms with van der Waals surface area (Å²) in [5, 5.41) is 4.54. The molecule has 0 unspecified atom stereocenters. The maximum atomic E-state index is 13.9. The van der Waals surface area contributed by atoms with Crippen LogP contribution in [0.3, 0.4) is 0 Å². The van der Waals surface area contributed by atoms with Crippen LogP contribution >= 0.6 is 0 Å². The van der Waals surface area contributed by atoms with Gasteiger partial charge < -0.3 is 9.47 Å². The lowest BCUT2D eigenvalue weighted by molar-refractivity contribution is 0.315. The van der Waals surface area contributed by atoms with E-state index in [1.165, 1.54) is 38.2 Å². The van der Waals surface area contributed by atoms with Crippen LogP contribution in [0, 0.1) is 19.7 Å². The number of rotatable bonds is 6. The lowest BCUT2D eigenvalue weighted by Gasteiger charge is -2.13. The number of hydrogen-bond acceptors (Lipinski definition) is 6. The van der Waals surface area contributed by atoms with Crippen LogP contribution in [-0.2, 0) is 13.1 Å². The van der Waals surface area contributed by atoms with Crippen molar-refractivity contribution in [1.82, 2.24) is 39.2 Å². The number of aryl methyl sites for hydroxylation is 2. The molecule has 0 saturated carbocycles. The normalized spacial score (nSPS) is 14.7. The summed E-state index contributed by atoms with van der Waals surface area (Å²) < 4.78 is 17.9. The number of imidazole rings is 1. The van der Waals surface area contributed by atoms with E-state index < -0.39 is 5.82 Å². The molecule has 0 aliphatic carbocycles. The van der Waals surface area contributed by atoms with Gasteiger partial charge in [-0.1, -0.05) is 0 Å². The van der Waals surface area contributed by atoms with Gasteiger partial charge in [-0.2, -0.15) is 5.10 Å². The quantitative estimate of drug-likeness (QED) is 0.477. The van der Waals surface area contributed by atoms with Crippen LogP contribution in [0.15, 0.2) is 30.9 Å². The Balaban J connectivity index is 1.49. The molecule has 1 fully saturated rings. The number of hydrogen-bond donors (Lipinski definition) is 0. The molecule has 0 amide bonds. The molecule has 4 aromatic rings. The number of fused-ring (bicyclic) bond motifs is 1. The van der Waals surface area contributed by atoms with E-state index in [-0.39, 0.29) is 0 Å². The maximum absolute atomic E-state index is 13.9. The molecule has 0 bridgehead atoms. The fourth-order valence-corrected chi connectivity index (χ4v) is 4.22. The molecule has 0 atom stereocenters. The zero-order chi connectivity index (χ0) is 21.4.